The van der Waals surface area contributed by atoms with Gasteiger partial charge in [0, 0.05) is 33.7 Å². The second-order valence-electron chi connectivity index (χ2n) is 10.7. The Hall–Kier alpha value is -1.67. The summed E-state index contributed by atoms with van der Waals surface area (Å²) in [5.74, 6) is 0.102. The molecule has 2 heterocycles. The Labute approximate surface area is 298 Å². The van der Waals surface area contributed by atoms with Crippen LogP contribution in [0.3, 0.4) is 0 Å². The van der Waals surface area contributed by atoms with Crippen LogP contribution in [0.5, 0.6) is 0 Å². The Balaban J connectivity index is 0.000000280. The molecule has 0 saturated heterocycles. The Bertz CT molecular complexity index is 1650. The molecule has 0 fully saturated rings. The van der Waals surface area contributed by atoms with E-state index in [9.17, 15) is 28.6 Å². The summed E-state index contributed by atoms with van der Waals surface area (Å²) in [6, 6.07) is 18.0. The van der Waals surface area contributed by atoms with Gasteiger partial charge in [-0.15, -0.1) is 10.6 Å². The molecule has 0 aliphatic carbocycles. The van der Waals surface area contributed by atoms with Crippen LogP contribution in [0.25, 0.3) is 0 Å². The summed E-state index contributed by atoms with van der Waals surface area (Å²) in [5, 5.41) is 19.8. The molecule has 4 rings (SSSR count). The van der Waals surface area contributed by atoms with E-state index in [1.165, 1.54) is 18.5 Å². The van der Waals surface area contributed by atoms with Crippen molar-refractivity contribution in [3.8, 4) is 0 Å². The maximum Gasteiger partial charge on any atom is 0.346 e. The highest BCUT2D eigenvalue weighted by atomic mass is 35.6. The lowest BCUT2D eigenvalue weighted by molar-refractivity contribution is -0.933. The fourth-order valence-corrected chi connectivity index (χ4v) is 7.80. The average Bonchev–Trinajstić information content (AvgIpc) is 2.93. The predicted octanol–water partition coefficient (Wildman–Crippen LogP) is 10.2. The third-order valence-corrected chi connectivity index (χ3v) is 11.0. The van der Waals surface area contributed by atoms with Gasteiger partial charge in [0.05, 0.1) is 5.75 Å². The molecular formula is C31H39Cl5N2O6S2+2. The molecule has 0 spiro atoms. The van der Waals surface area contributed by atoms with Crippen LogP contribution in [0.15, 0.2) is 83.1 Å². The van der Waals surface area contributed by atoms with Gasteiger partial charge in [-0.2, -0.15) is 0 Å². The number of aromatic nitrogens is 2. The maximum atomic E-state index is 10.6. The fourth-order valence-electron chi connectivity index (χ4n) is 4.14. The van der Waals surface area contributed by atoms with Crippen molar-refractivity contribution >= 4 is 79.2 Å². The van der Waals surface area contributed by atoms with Gasteiger partial charge in [0.1, 0.15) is 0 Å². The summed E-state index contributed by atoms with van der Waals surface area (Å²) in [6.45, 7) is 11.3. The molecule has 2 aromatic heterocycles. The Kier molecular flexibility index (Phi) is 14.6. The third-order valence-electron chi connectivity index (χ3n) is 6.58. The smallest absolute Gasteiger partial charge is 0.290 e. The number of nitrogens with zero attached hydrogens (tertiary/aromatic N) is 2. The number of alkyl halides is 5. The Morgan fingerprint density at radius 2 is 1.04 bits per heavy atom. The second kappa shape index (κ2) is 16.6. The number of aryl methyl sites for hydroxylation is 6. The van der Waals surface area contributed by atoms with E-state index >= 15 is 0 Å². The standard InChI is InChI=1S/C15H18ClNO3S.C15H19NO3S.CCl4/c1-10-4-5-12(3)13(8-10)15(16)21(19,20)14-9-11(2)6-7-17(14)18;1-11-4-5-13(3)14(8-11)10-20(18,19)15-9-12(2)6-7-16(15)17;2-1(3,4)5/h4-9,15H,1-3H3,(H2-,18,19,20);4-9H,10H2,1-3H3,(H2-,17,18,19);/p+2. The summed E-state index contributed by atoms with van der Waals surface area (Å²) in [6.07, 6.45) is 2.79. The molecule has 15 heteroatoms. The molecule has 0 aliphatic rings. The summed E-state index contributed by atoms with van der Waals surface area (Å²) >= 11 is 25.7. The molecule has 0 bridgehead atoms. The minimum atomic E-state index is -3.41. The van der Waals surface area contributed by atoms with Crippen LogP contribution in [0.1, 0.15) is 49.2 Å². The minimum absolute atomic E-state index is 0.00315. The molecule has 0 radical (unpaired) electrons. The van der Waals surface area contributed by atoms with Gasteiger partial charge in [-0.1, -0.05) is 116 Å². The van der Waals surface area contributed by atoms with Gasteiger partial charge in [-0.3, -0.25) is 28.6 Å². The maximum absolute atomic E-state index is 10.6. The first-order valence-corrected chi connectivity index (χ1v) is 18.8. The van der Waals surface area contributed by atoms with Crippen molar-refractivity contribution in [1.82, 2.24) is 0 Å². The monoisotopic (exact) mass is 774 g/mol. The summed E-state index contributed by atoms with van der Waals surface area (Å²) in [5.41, 5.74) is 7.14. The molecule has 46 heavy (non-hydrogen) atoms. The molecule has 0 aliphatic heterocycles. The number of rotatable bonds is 6. The lowest BCUT2D eigenvalue weighted by Crippen LogP contribution is -2.36. The van der Waals surface area contributed by atoms with Crippen LogP contribution in [0.4, 0.5) is 0 Å². The van der Waals surface area contributed by atoms with Gasteiger partial charge < -0.3 is 0 Å². The van der Waals surface area contributed by atoms with Gasteiger partial charge in [0.15, 0.2) is 4.71 Å². The molecular weight excluding hydrogens is 738 g/mol. The van der Waals surface area contributed by atoms with E-state index in [-0.39, 0.29) is 15.8 Å². The van der Waals surface area contributed by atoms with E-state index in [0.717, 1.165) is 43.7 Å². The minimum Gasteiger partial charge on any atom is -0.290 e. The van der Waals surface area contributed by atoms with Gasteiger partial charge in [0.2, 0.25) is 12.4 Å². The molecule has 2 aromatic carbocycles. The number of halogens is 5. The van der Waals surface area contributed by atoms with Gasteiger partial charge in [0.25, 0.3) is 3.25 Å². The third kappa shape index (κ3) is 12.1. The summed E-state index contributed by atoms with van der Waals surface area (Å²) < 4.78 is 40.8. The first kappa shape index (κ1) is 40.5. The Morgan fingerprint density at radius 3 is 1.57 bits per heavy atom. The fraction of sp³-hybridized carbons (Fsp3) is 0.290. The van der Waals surface area contributed by atoms with Crippen LogP contribution in [-0.4, -0.2) is 31.9 Å². The molecule has 1 atom stereocenters. The van der Waals surface area contributed by atoms with Crippen molar-refractivity contribution in [1.29, 1.82) is 0 Å². The SMILES string of the molecule is Cc1ccc(C)c(C(Cl)S(O)(O)c2cc(C)cc[n+]2O)c1.Cc1ccc(C)c(CS(O)(O)c2cc(C)cc[n+]2O)c1.ClC(Cl)(Cl)Cl. The lowest BCUT2D eigenvalue weighted by Gasteiger charge is -2.33. The van der Waals surface area contributed by atoms with Crippen LogP contribution >= 0.6 is 79.2 Å². The first-order valence-electron chi connectivity index (χ1n) is 13.5. The highest BCUT2D eigenvalue weighted by Crippen LogP contribution is 2.61. The number of pyridine rings is 2. The predicted molar refractivity (Wildman–Crippen MR) is 190 cm³/mol. The van der Waals surface area contributed by atoms with E-state index in [1.54, 1.807) is 25.1 Å². The van der Waals surface area contributed by atoms with Crippen LogP contribution in [0.2, 0.25) is 0 Å². The van der Waals surface area contributed by atoms with E-state index in [4.69, 9.17) is 58.0 Å². The molecule has 8 nitrogen and oxygen atoms in total. The zero-order chi connectivity index (χ0) is 35.2. The molecule has 0 saturated carbocycles. The van der Waals surface area contributed by atoms with Gasteiger partial charge in [-0.05, 0) is 74.9 Å². The molecule has 1 unspecified atom stereocenters. The zero-order valence-corrected chi connectivity index (χ0v) is 31.4. The van der Waals surface area contributed by atoms with Crippen molar-refractivity contribution < 1.29 is 38.1 Å². The Morgan fingerprint density at radius 1 is 0.630 bits per heavy atom. The van der Waals surface area contributed by atoms with E-state index < -0.39 is 29.1 Å². The van der Waals surface area contributed by atoms with Crippen molar-refractivity contribution in [2.75, 3.05) is 0 Å². The topological polar surface area (TPSA) is 129 Å². The molecule has 6 N–H and O–H groups in total. The first-order chi connectivity index (χ1) is 21.0. The number of hydrogen-bond acceptors (Lipinski definition) is 6. The van der Waals surface area contributed by atoms with Gasteiger partial charge in [-0.25, -0.2) is 0 Å². The van der Waals surface area contributed by atoms with Crippen LogP contribution in [0, 0.1) is 41.5 Å². The summed E-state index contributed by atoms with van der Waals surface area (Å²) in [4.78, 5) is 0. The van der Waals surface area contributed by atoms with E-state index in [1.807, 2.05) is 71.0 Å². The van der Waals surface area contributed by atoms with Crippen molar-refractivity contribution in [3.05, 3.63) is 118 Å². The van der Waals surface area contributed by atoms with Gasteiger partial charge >= 0.3 is 10.1 Å². The van der Waals surface area contributed by atoms with Crippen molar-refractivity contribution in [2.45, 2.75) is 65.3 Å². The molecule has 254 valence electrons. The van der Waals surface area contributed by atoms with Crippen molar-refractivity contribution in [2.24, 2.45) is 0 Å². The largest absolute Gasteiger partial charge is 0.346 e. The summed E-state index contributed by atoms with van der Waals surface area (Å²) in [7, 11) is -6.50. The average molecular weight is 777 g/mol. The van der Waals surface area contributed by atoms with Crippen LogP contribution < -0.4 is 9.46 Å². The van der Waals surface area contributed by atoms with E-state index in [0.29, 0.717) is 10.3 Å². The molecule has 4 aromatic rings. The molecule has 0 amide bonds. The van der Waals surface area contributed by atoms with Crippen LogP contribution in [-0.2, 0) is 5.75 Å². The number of benzene rings is 2. The second-order valence-corrected chi connectivity index (χ2v) is 19.0. The lowest BCUT2D eigenvalue weighted by atomic mass is 10.1. The number of hydrogen-bond donors (Lipinski definition) is 6. The quantitative estimate of drug-likeness (QED) is 0.0657. The zero-order valence-electron chi connectivity index (χ0n) is 26.0. The highest BCUT2D eigenvalue weighted by Gasteiger charge is 2.37. The normalized spacial score (nSPS) is 13.1. The highest BCUT2D eigenvalue weighted by molar-refractivity contribution is 8.25. The van der Waals surface area contributed by atoms with Crippen molar-refractivity contribution in [3.63, 3.8) is 0 Å². The van der Waals surface area contributed by atoms with E-state index in [2.05, 4.69) is 0 Å².